The minimum absolute atomic E-state index is 0.262. The van der Waals surface area contributed by atoms with Gasteiger partial charge in [-0.1, -0.05) is 30.3 Å². The molecule has 0 aliphatic rings. The predicted molar refractivity (Wildman–Crippen MR) is 97.7 cm³/mol. The lowest BCUT2D eigenvalue weighted by molar-refractivity contribution is 0.250. The van der Waals surface area contributed by atoms with Gasteiger partial charge < -0.3 is 15.4 Å². The Balaban J connectivity index is 1.76. The van der Waals surface area contributed by atoms with Crippen LogP contribution in [-0.2, 0) is 0 Å². The maximum atomic E-state index is 12.5. The lowest BCUT2D eigenvalue weighted by Crippen LogP contribution is -2.33. The van der Waals surface area contributed by atoms with Crippen LogP contribution >= 0.6 is 0 Å². The van der Waals surface area contributed by atoms with Crippen LogP contribution < -0.4 is 15.4 Å². The Kier molecular flexibility index (Phi) is 5.26. The molecule has 1 unspecified atom stereocenters. The predicted octanol–water partition coefficient (Wildman–Crippen LogP) is 4.00. The van der Waals surface area contributed by atoms with Crippen LogP contribution in [0.2, 0.25) is 0 Å². The van der Waals surface area contributed by atoms with Gasteiger partial charge in [0.25, 0.3) is 0 Å². The molecule has 0 aliphatic heterocycles. The number of carbonyl (C=O) groups is 1. The zero-order valence-electron chi connectivity index (χ0n) is 13.8. The molecule has 1 aromatic heterocycles. The summed E-state index contributed by atoms with van der Waals surface area (Å²) >= 11 is 0. The van der Waals surface area contributed by atoms with Crippen LogP contribution in [0.3, 0.4) is 0 Å². The summed E-state index contributed by atoms with van der Waals surface area (Å²) in [7, 11) is 1.61. The van der Waals surface area contributed by atoms with Gasteiger partial charge in [0.05, 0.1) is 13.2 Å². The molecule has 25 heavy (non-hydrogen) atoms. The second-order valence-electron chi connectivity index (χ2n) is 5.45. The minimum Gasteiger partial charge on any atom is -0.497 e. The highest BCUT2D eigenvalue weighted by molar-refractivity contribution is 5.89. The van der Waals surface area contributed by atoms with E-state index in [2.05, 4.69) is 15.6 Å². The van der Waals surface area contributed by atoms with E-state index in [4.69, 9.17) is 4.74 Å². The largest absolute Gasteiger partial charge is 0.497 e. The summed E-state index contributed by atoms with van der Waals surface area (Å²) in [6.45, 7) is 0. The highest BCUT2D eigenvalue weighted by atomic mass is 16.5. The number of amides is 2. The SMILES string of the molecule is COc1ccc(NC(=O)NC(c2ccccc2)c2ccncc2)cc1. The van der Waals surface area contributed by atoms with E-state index in [1.54, 1.807) is 43.8 Å². The average molecular weight is 333 g/mol. The van der Waals surface area contributed by atoms with E-state index < -0.39 is 0 Å². The number of hydrogen-bond donors (Lipinski definition) is 2. The topological polar surface area (TPSA) is 63.2 Å². The molecule has 3 rings (SSSR count). The van der Waals surface area contributed by atoms with E-state index in [1.807, 2.05) is 42.5 Å². The molecule has 2 aromatic carbocycles. The molecule has 5 heteroatoms. The third-order valence-corrected chi connectivity index (χ3v) is 3.80. The summed E-state index contributed by atoms with van der Waals surface area (Å²) in [5.41, 5.74) is 2.66. The summed E-state index contributed by atoms with van der Waals surface area (Å²) in [5.74, 6) is 0.741. The number of methoxy groups -OCH3 is 1. The number of carbonyl (C=O) groups excluding carboxylic acids is 1. The molecule has 2 amide bonds. The molecule has 1 atom stereocenters. The number of benzene rings is 2. The van der Waals surface area contributed by atoms with Crippen LogP contribution in [-0.4, -0.2) is 18.1 Å². The lowest BCUT2D eigenvalue weighted by atomic mass is 10.00. The maximum absolute atomic E-state index is 12.5. The van der Waals surface area contributed by atoms with Crippen molar-refractivity contribution in [2.75, 3.05) is 12.4 Å². The minimum atomic E-state index is -0.282. The number of rotatable bonds is 5. The Hall–Kier alpha value is -3.34. The lowest BCUT2D eigenvalue weighted by Gasteiger charge is -2.20. The molecule has 5 nitrogen and oxygen atoms in total. The van der Waals surface area contributed by atoms with Crippen molar-refractivity contribution in [2.45, 2.75) is 6.04 Å². The molecule has 0 saturated carbocycles. The van der Waals surface area contributed by atoms with E-state index >= 15 is 0 Å². The van der Waals surface area contributed by atoms with Gasteiger partial charge in [0, 0.05) is 18.1 Å². The first-order valence-corrected chi connectivity index (χ1v) is 7.92. The van der Waals surface area contributed by atoms with Crippen molar-refractivity contribution < 1.29 is 9.53 Å². The number of anilines is 1. The fraction of sp³-hybridized carbons (Fsp3) is 0.100. The molecule has 126 valence electrons. The normalized spacial score (nSPS) is 11.4. The van der Waals surface area contributed by atoms with E-state index in [0.29, 0.717) is 5.69 Å². The van der Waals surface area contributed by atoms with Gasteiger partial charge in [-0.3, -0.25) is 4.98 Å². The van der Waals surface area contributed by atoms with Crippen LogP contribution in [0.15, 0.2) is 79.1 Å². The van der Waals surface area contributed by atoms with Crippen LogP contribution in [0.4, 0.5) is 10.5 Å². The second-order valence-corrected chi connectivity index (χ2v) is 5.45. The number of pyridine rings is 1. The zero-order chi connectivity index (χ0) is 17.5. The number of hydrogen-bond acceptors (Lipinski definition) is 3. The maximum Gasteiger partial charge on any atom is 0.319 e. The van der Waals surface area contributed by atoms with Crippen molar-refractivity contribution in [1.29, 1.82) is 0 Å². The Morgan fingerprint density at radius 1 is 0.920 bits per heavy atom. The standard InChI is InChI=1S/C20H19N3O2/c1-25-18-9-7-17(8-10-18)22-20(24)23-19(15-5-3-2-4-6-15)16-11-13-21-14-12-16/h2-14,19H,1H3,(H2,22,23,24). The van der Waals surface area contributed by atoms with E-state index in [9.17, 15) is 4.79 Å². The zero-order valence-corrected chi connectivity index (χ0v) is 13.8. The van der Waals surface area contributed by atoms with E-state index in [1.165, 1.54) is 0 Å². The van der Waals surface area contributed by atoms with Crippen LogP contribution in [0.25, 0.3) is 0 Å². The van der Waals surface area contributed by atoms with Gasteiger partial charge >= 0.3 is 6.03 Å². The molecule has 0 fully saturated rings. The molecule has 3 aromatic rings. The quantitative estimate of drug-likeness (QED) is 0.742. The summed E-state index contributed by atoms with van der Waals surface area (Å²) in [4.78, 5) is 16.5. The Bertz CT molecular complexity index is 766. The monoisotopic (exact) mass is 333 g/mol. The van der Waals surface area contributed by atoms with Gasteiger partial charge in [-0.25, -0.2) is 4.79 Å². The van der Waals surface area contributed by atoms with Crippen molar-refractivity contribution in [2.24, 2.45) is 0 Å². The molecule has 0 spiro atoms. The average Bonchev–Trinajstić information content (AvgIpc) is 2.68. The first-order valence-electron chi connectivity index (χ1n) is 7.92. The van der Waals surface area contributed by atoms with E-state index in [0.717, 1.165) is 16.9 Å². The van der Waals surface area contributed by atoms with Gasteiger partial charge in [0.2, 0.25) is 0 Å². The highest BCUT2D eigenvalue weighted by Gasteiger charge is 2.16. The number of nitrogens with zero attached hydrogens (tertiary/aromatic N) is 1. The van der Waals surface area contributed by atoms with Crippen molar-refractivity contribution in [3.8, 4) is 5.75 Å². The smallest absolute Gasteiger partial charge is 0.319 e. The fourth-order valence-corrected chi connectivity index (χ4v) is 2.53. The Labute approximate surface area is 146 Å². The highest BCUT2D eigenvalue weighted by Crippen LogP contribution is 2.22. The van der Waals surface area contributed by atoms with Crippen molar-refractivity contribution in [3.05, 3.63) is 90.3 Å². The number of nitrogens with one attached hydrogen (secondary N) is 2. The molecule has 1 heterocycles. The Morgan fingerprint density at radius 3 is 2.20 bits per heavy atom. The molecular formula is C20H19N3O2. The first-order chi connectivity index (χ1) is 12.3. The summed E-state index contributed by atoms with van der Waals surface area (Å²) in [6, 6.07) is 20.3. The van der Waals surface area contributed by atoms with Crippen LogP contribution in [0.5, 0.6) is 5.75 Å². The fourth-order valence-electron chi connectivity index (χ4n) is 2.53. The van der Waals surface area contributed by atoms with Crippen molar-refractivity contribution >= 4 is 11.7 Å². The molecule has 2 N–H and O–H groups in total. The summed E-state index contributed by atoms with van der Waals surface area (Å²) < 4.78 is 5.12. The molecule has 0 radical (unpaired) electrons. The van der Waals surface area contributed by atoms with Crippen LogP contribution in [0, 0.1) is 0 Å². The van der Waals surface area contributed by atoms with E-state index in [-0.39, 0.29) is 12.1 Å². The van der Waals surface area contributed by atoms with Crippen molar-refractivity contribution in [1.82, 2.24) is 10.3 Å². The van der Waals surface area contributed by atoms with Gasteiger partial charge in [-0.05, 0) is 47.5 Å². The number of urea groups is 1. The van der Waals surface area contributed by atoms with Gasteiger partial charge in [-0.2, -0.15) is 0 Å². The van der Waals surface area contributed by atoms with Crippen molar-refractivity contribution in [3.63, 3.8) is 0 Å². The molecule has 0 bridgehead atoms. The summed E-state index contributed by atoms with van der Waals surface area (Å²) in [6.07, 6.45) is 3.43. The molecule has 0 saturated heterocycles. The number of ether oxygens (including phenoxy) is 1. The Morgan fingerprint density at radius 2 is 1.56 bits per heavy atom. The van der Waals surface area contributed by atoms with Gasteiger partial charge in [0.1, 0.15) is 5.75 Å². The molecular weight excluding hydrogens is 314 g/mol. The summed E-state index contributed by atoms with van der Waals surface area (Å²) in [5, 5.41) is 5.86. The first kappa shape index (κ1) is 16.5. The number of aromatic nitrogens is 1. The van der Waals surface area contributed by atoms with Gasteiger partial charge in [0.15, 0.2) is 0 Å². The molecule has 0 aliphatic carbocycles. The van der Waals surface area contributed by atoms with Crippen LogP contribution in [0.1, 0.15) is 17.2 Å². The third-order valence-electron chi connectivity index (χ3n) is 3.80. The third kappa shape index (κ3) is 4.35. The second kappa shape index (κ2) is 7.97. The van der Waals surface area contributed by atoms with Gasteiger partial charge in [-0.15, -0.1) is 0 Å².